The molecule has 0 amide bonds. The summed E-state index contributed by atoms with van der Waals surface area (Å²) in [6.45, 7) is 2.03. The highest BCUT2D eigenvalue weighted by molar-refractivity contribution is 6.17. The van der Waals surface area contributed by atoms with E-state index in [9.17, 15) is 4.39 Å². The number of hydrogen-bond acceptors (Lipinski definition) is 0. The van der Waals surface area contributed by atoms with E-state index in [2.05, 4.69) is 0 Å². The molecular formula is C9H10ClF. The topological polar surface area (TPSA) is 0 Å². The Balaban J connectivity index is 3.02. The zero-order chi connectivity index (χ0) is 8.27. The van der Waals surface area contributed by atoms with Crippen LogP contribution in [-0.2, 0) is 12.3 Å². The highest BCUT2D eigenvalue weighted by atomic mass is 35.5. The quantitative estimate of drug-likeness (QED) is 0.602. The molecule has 0 aliphatic rings. The first-order chi connectivity index (χ1) is 5.27. The second-order valence-corrected chi connectivity index (χ2v) is 2.68. The molecular weight excluding hydrogens is 163 g/mol. The number of aryl methyl sites for hydroxylation is 1. The maximum absolute atomic E-state index is 12.8. The third-order valence-corrected chi connectivity index (χ3v) is 1.95. The van der Waals surface area contributed by atoms with Crippen LogP contribution in [0.25, 0.3) is 0 Å². The van der Waals surface area contributed by atoms with Gasteiger partial charge in [0.2, 0.25) is 0 Å². The van der Waals surface area contributed by atoms with Gasteiger partial charge in [-0.2, -0.15) is 0 Å². The molecule has 1 rings (SSSR count). The minimum absolute atomic E-state index is 0.211. The van der Waals surface area contributed by atoms with Gasteiger partial charge in [0.1, 0.15) is 5.82 Å². The monoisotopic (exact) mass is 172 g/mol. The molecule has 0 heterocycles. The van der Waals surface area contributed by atoms with Gasteiger partial charge in [0.25, 0.3) is 0 Å². The van der Waals surface area contributed by atoms with Crippen molar-refractivity contribution in [3.05, 3.63) is 35.1 Å². The van der Waals surface area contributed by atoms with Crippen molar-refractivity contribution in [1.82, 2.24) is 0 Å². The molecule has 0 saturated carbocycles. The molecule has 0 spiro atoms. The Hall–Kier alpha value is -0.560. The van der Waals surface area contributed by atoms with Gasteiger partial charge >= 0.3 is 0 Å². The zero-order valence-corrected chi connectivity index (χ0v) is 7.16. The second kappa shape index (κ2) is 3.72. The average Bonchev–Trinajstić information content (AvgIpc) is 2.05. The fraction of sp³-hybridized carbons (Fsp3) is 0.333. The predicted octanol–water partition coefficient (Wildman–Crippen LogP) is 3.13. The van der Waals surface area contributed by atoms with E-state index >= 15 is 0 Å². The lowest BCUT2D eigenvalue weighted by atomic mass is 10.1. The highest BCUT2D eigenvalue weighted by Crippen LogP contribution is 2.12. The van der Waals surface area contributed by atoms with E-state index < -0.39 is 0 Å². The first kappa shape index (κ1) is 8.54. The molecule has 60 valence electrons. The van der Waals surface area contributed by atoms with Gasteiger partial charge in [-0.1, -0.05) is 19.1 Å². The van der Waals surface area contributed by atoms with Gasteiger partial charge in [-0.3, -0.25) is 0 Å². The smallest absolute Gasteiger partial charge is 0.127 e. The Kier molecular flexibility index (Phi) is 2.89. The number of halogens is 2. The largest absolute Gasteiger partial charge is 0.207 e. The molecule has 0 radical (unpaired) electrons. The van der Waals surface area contributed by atoms with Crippen LogP contribution in [0.2, 0.25) is 0 Å². The third kappa shape index (κ3) is 1.93. The van der Waals surface area contributed by atoms with Crippen molar-refractivity contribution >= 4 is 11.6 Å². The van der Waals surface area contributed by atoms with Gasteiger partial charge in [-0.05, 0) is 18.1 Å². The van der Waals surface area contributed by atoms with Gasteiger partial charge in [0.05, 0.1) is 5.88 Å². The van der Waals surface area contributed by atoms with Gasteiger partial charge in [-0.15, -0.1) is 11.6 Å². The molecule has 11 heavy (non-hydrogen) atoms. The Bertz CT molecular complexity index is 245. The van der Waals surface area contributed by atoms with Crippen LogP contribution in [-0.4, -0.2) is 0 Å². The van der Waals surface area contributed by atoms with E-state index in [0.29, 0.717) is 5.56 Å². The van der Waals surface area contributed by atoms with Gasteiger partial charge in [0.15, 0.2) is 0 Å². The number of rotatable bonds is 2. The number of benzene rings is 1. The summed E-state index contributed by atoms with van der Waals surface area (Å²) in [7, 11) is 0. The Labute approximate surface area is 71.0 Å². The Morgan fingerprint density at radius 2 is 2.18 bits per heavy atom. The van der Waals surface area contributed by atoms with E-state index in [1.165, 1.54) is 6.07 Å². The molecule has 0 unspecified atom stereocenters. The van der Waals surface area contributed by atoms with Crippen LogP contribution >= 0.6 is 11.6 Å². The van der Waals surface area contributed by atoms with E-state index in [0.717, 1.165) is 12.0 Å². The summed E-state index contributed by atoms with van der Waals surface area (Å²) in [5.74, 6) is 0.0388. The van der Waals surface area contributed by atoms with Crippen LogP contribution in [0.1, 0.15) is 18.1 Å². The molecule has 2 heteroatoms. The van der Waals surface area contributed by atoms with Crippen LogP contribution in [0.3, 0.4) is 0 Å². The average molecular weight is 173 g/mol. The summed E-state index contributed by atoms with van der Waals surface area (Å²) in [4.78, 5) is 0. The minimum Gasteiger partial charge on any atom is -0.207 e. The maximum atomic E-state index is 12.8. The van der Waals surface area contributed by atoms with E-state index in [1.807, 2.05) is 13.0 Å². The minimum atomic E-state index is -0.211. The number of hydrogen-bond donors (Lipinski definition) is 0. The van der Waals surface area contributed by atoms with Crippen molar-refractivity contribution in [3.63, 3.8) is 0 Å². The van der Waals surface area contributed by atoms with Crippen molar-refractivity contribution in [1.29, 1.82) is 0 Å². The van der Waals surface area contributed by atoms with Crippen LogP contribution in [0, 0.1) is 5.82 Å². The molecule has 0 atom stereocenters. The van der Waals surface area contributed by atoms with E-state index in [4.69, 9.17) is 11.6 Å². The van der Waals surface area contributed by atoms with E-state index in [1.54, 1.807) is 6.07 Å². The molecule has 0 nitrogen and oxygen atoms in total. The molecule has 0 fully saturated rings. The highest BCUT2D eigenvalue weighted by Gasteiger charge is 2.00. The fourth-order valence-corrected chi connectivity index (χ4v) is 1.16. The Morgan fingerprint density at radius 3 is 2.73 bits per heavy atom. The fourth-order valence-electron chi connectivity index (χ4n) is 0.950. The van der Waals surface area contributed by atoms with Gasteiger partial charge in [-0.25, -0.2) is 4.39 Å². The molecule has 0 aliphatic carbocycles. The van der Waals surface area contributed by atoms with Gasteiger partial charge < -0.3 is 0 Å². The lowest BCUT2D eigenvalue weighted by Crippen LogP contribution is -1.88. The van der Waals surface area contributed by atoms with Gasteiger partial charge in [0, 0.05) is 5.56 Å². The molecule has 1 aromatic carbocycles. The standard InChI is InChI=1S/C9H10ClF/c1-2-7-3-4-9(11)8(5-7)6-10/h3-5H,2,6H2,1H3. The van der Waals surface area contributed by atoms with Crippen molar-refractivity contribution in [2.24, 2.45) is 0 Å². The van der Waals surface area contributed by atoms with Crippen LogP contribution in [0.4, 0.5) is 4.39 Å². The normalized spacial score (nSPS) is 10.1. The SMILES string of the molecule is CCc1ccc(F)c(CCl)c1. The summed E-state index contributed by atoms with van der Waals surface area (Å²) in [5.41, 5.74) is 1.72. The van der Waals surface area contributed by atoms with Crippen molar-refractivity contribution in [2.45, 2.75) is 19.2 Å². The lowest BCUT2D eigenvalue weighted by molar-refractivity contribution is 0.616. The van der Waals surface area contributed by atoms with Crippen molar-refractivity contribution < 1.29 is 4.39 Å². The summed E-state index contributed by atoms with van der Waals surface area (Å²) >= 11 is 5.52. The second-order valence-electron chi connectivity index (χ2n) is 2.41. The molecule has 0 aromatic heterocycles. The summed E-state index contributed by atoms with van der Waals surface area (Å²) in [5, 5.41) is 0. The Morgan fingerprint density at radius 1 is 1.45 bits per heavy atom. The van der Waals surface area contributed by atoms with Crippen LogP contribution in [0.15, 0.2) is 18.2 Å². The van der Waals surface area contributed by atoms with Crippen LogP contribution < -0.4 is 0 Å². The summed E-state index contributed by atoms with van der Waals surface area (Å²) in [6.07, 6.45) is 0.921. The lowest BCUT2D eigenvalue weighted by Gasteiger charge is -2.00. The maximum Gasteiger partial charge on any atom is 0.127 e. The van der Waals surface area contributed by atoms with Crippen LogP contribution in [0.5, 0.6) is 0 Å². The first-order valence-corrected chi connectivity index (χ1v) is 4.14. The summed E-state index contributed by atoms with van der Waals surface area (Å²) < 4.78 is 12.8. The molecule has 1 aromatic rings. The summed E-state index contributed by atoms with van der Waals surface area (Å²) in [6, 6.07) is 5.06. The zero-order valence-electron chi connectivity index (χ0n) is 6.40. The third-order valence-electron chi connectivity index (χ3n) is 1.66. The molecule has 0 saturated heterocycles. The molecule has 0 aliphatic heterocycles. The van der Waals surface area contributed by atoms with Crippen molar-refractivity contribution in [3.8, 4) is 0 Å². The molecule has 0 bridgehead atoms. The van der Waals surface area contributed by atoms with Crippen molar-refractivity contribution in [2.75, 3.05) is 0 Å². The first-order valence-electron chi connectivity index (χ1n) is 3.61. The predicted molar refractivity (Wildman–Crippen MR) is 45.3 cm³/mol. The molecule has 0 N–H and O–H groups in total. The van der Waals surface area contributed by atoms with E-state index in [-0.39, 0.29) is 11.7 Å². The number of alkyl halides is 1.